The van der Waals surface area contributed by atoms with E-state index in [9.17, 15) is 29.2 Å². The van der Waals surface area contributed by atoms with Gasteiger partial charge in [-0.05, 0) is 238 Å². The van der Waals surface area contributed by atoms with Gasteiger partial charge in [0.2, 0.25) is 23.6 Å². The number of ether oxygens (including phenoxy) is 2. The van der Waals surface area contributed by atoms with Gasteiger partial charge >= 0.3 is 0 Å². The molecule has 4 unspecified atom stereocenters. The summed E-state index contributed by atoms with van der Waals surface area (Å²) in [5, 5.41) is 35.5. The summed E-state index contributed by atoms with van der Waals surface area (Å²) in [6.45, 7) is 53.7. The van der Waals surface area contributed by atoms with Gasteiger partial charge in [-0.25, -0.2) is 0 Å². The van der Waals surface area contributed by atoms with Crippen LogP contribution in [0.25, 0.3) is 0 Å². The average Bonchev–Trinajstić information content (AvgIpc) is 1.30. The molecule has 4 aliphatic carbocycles. The predicted octanol–water partition coefficient (Wildman–Crippen LogP) is 20.9. The first kappa shape index (κ1) is 99.1. The molecule has 13 rings (SSSR count). The summed E-state index contributed by atoms with van der Waals surface area (Å²) in [7, 11) is -6.90. The van der Waals surface area contributed by atoms with Crippen LogP contribution in [-0.2, 0) is 89.5 Å². The smallest absolute Gasteiger partial charge is 0.298 e. The minimum atomic E-state index is -1.85. The highest BCUT2D eigenvalue weighted by Crippen LogP contribution is 2.54. The Morgan fingerprint density at radius 2 is 0.883 bits per heavy atom. The molecule has 0 saturated carbocycles. The predicted molar refractivity (Wildman–Crippen MR) is 499 cm³/mol. The summed E-state index contributed by atoms with van der Waals surface area (Å²) in [4.78, 5) is 65.8. The van der Waals surface area contributed by atoms with E-state index in [0.717, 1.165) is 117 Å². The molecule has 0 bridgehead atoms. The SMILES string of the molecule is CC(C)(C)[Si](C)(C)OCCBr.CC(C)(C)[Si](C)(C)OCCN1C(=O)CCC12CCc1c(Br)cccc12.CC(C)(C)[Si](C)(C)OCCN1C(=O)CCC12CCc1c(C#N)cccc12.CC(C)(C)[Si](C)(C)OCCN1C(=O)CCC12CCc1c(C(N)=NO)cccc12.CC(C)Oc1ccc(OC=O)cc1C#N.O=C1CCC2(CCc3c(Br)cccc32)N1. The lowest BCUT2D eigenvalue weighted by Gasteiger charge is -2.39. The van der Waals surface area contributed by atoms with E-state index < -0.39 is 33.3 Å². The molecule has 4 N–H and O–H groups in total. The van der Waals surface area contributed by atoms with Crippen molar-refractivity contribution in [3.8, 4) is 23.6 Å². The van der Waals surface area contributed by atoms with Gasteiger partial charge in [-0.1, -0.05) is 191 Å². The van der Waals surface area contributed by atoms with Crippen LogP contribution in [0.1, 0.15) is 235 Å². The summed E-state index contributed by atoms with van der Waals surface area (Å²) >= 11 is 10.6. The fourth-order valence-electron chi connectivity index (χ4n) is 17.0. The van der Waals surface area contributed by atoms with Crippen LogP contribution in [0, 0.1) is 22.7 Å². The van der Waals surface area contributed by atoms with E-state index in [1.807, 2.05) is 54.0 Å². The number of nitrogens with two attached hydrogens (primary N) is 1. The van der Waals surface area contributed by atoms with Crippen LogP contribution in [0.4, 0.5) is 0 Å². The molecule has 27 heteroatoms. The van der Waals surface area contributed by atoms with Gasteiger partial charge in [-0.3, -0.25) is 24.0 Å². The Morgan fingerprint density at radius 1 is 0.517 bits per heavy atom. The molecule has 5 aromatic rings. The van der Waals surface area contributed by atoms with Crippen LogP contribution in [0.15, 0.2) is 105 Å². The number of nitrogens with one attached hydrogen (secondary N) is 1. The van der Waals surface area contributed by atoms with E-state index in [2.05, 4.69) is 258 Å². The van der Waals surface area contributed by atoms with Gasteiger partial charge in [0, 0.05) is 77.8 Å². The second-order valence-electron chi connectivity index (χ2n) is 39.4. The number of nitrogens with zero attached hydrogens (tertiary/aromatic N) is 6. The maximum Gasteiger partial charge on any atom is 0.298 e. The lowest BCUT2D eigenvalue weighted by Crippen LogP contribution is -2.47. The molecule has 656 valence electrons. The number of carbonyl (C=O) groups is 5. The first-order valence-electron chi connectivity index (χ1n) is 42.8. The first-order chi connectivity index (χ1) is 55.9. The molecule has 4 aliphatic heterocycles. The number of fused-ring (bicyclic) bond motifs is 8. The number of likely N-dealkylation sites (tertiary alicyclic amines) is 3. The highest BCUT2D eigenvalue weighted by molar-refractivity contribution is 9.11. The summed E-state index contributed by atoms with van der Waals surface area (Å²) < 4.78 is 37.3. The monoisotopic (exact) mass is 1900 g/mol. The number of nitriles is 2. The standard InChI is InChI=1S/C21H33N3O3Si.C21H30N2O2Si.C20H30BrNO2Si.C12H12BrNO.C11H11NO3.C8H19BrOSi/c1-20(2,3)28(4,5)27-14-13-24-18(25)10-12-21(24)11-9-15-16(19(22)23-26)7-6-8-17(15)21;1-20(2,3)26(4,5)25-14-13-23-19(24)10-12-21(23)11-9-17-16(15-22)7-6-8-18(17)21;1-19(2,3)25(4,5)24-14-13-22-18(23)10-12-20(22)11-9-15-16(20)7-6-8-17(15)21;13-10-3-1-2-9-8(10)4-6-12(9)7-5-11(15)14-12;1-8(2)15-11-4-3-10(14-7-13)5-9(11)6-12;1-8(2,3)11(4,5)10-7-6-9/h6-8,26H,9-14H2,1-5H3,(H2,22,23);6-8H,9-14H2,1-5H3;6-8H,9-14H2,1-5H3;1-3H,4-7H2,(H,14,15);3-5,7-8H,1-2H3;6-7H2,1-5H3. The largest absolute Gasteiger partial charge is 0.490 e. The van der Waals surface area contributed by atoms with Gasteiger partial charge in [0.15, 0.2) is 39.1 Å². The quantitative estimate of drug-likeness (QED) is 0.0124. The summed E-state index contributed by atoms with van der Waals surface area (Å²) in [5.74, 6) is 1.85. The Balaban J connectivity index is 0.000000184. The zero-order chi connectivity index (χ0) is 89.2. The molecule has 4 heterocycles. The van der Waals surface area contributed by atoms with Crippen LogP contribution in [0.3, 0.4) is 0 Å². The van der Waals surface area contributed by atoms with E-state index in [-0.39, 0.29) is 72.8 Å². The Morgan fingerprint density at radius 3 is 1.28 bits per heavy atom. The number of hydrogen-bond acceptors (Lipinski definition) is 15. The van der Waals surface area contributed by atoms with E-state index >= 15 is 0 Å². The van der Waals surface area contributed by atoms with Crippen LogP contribution in [0.5, 0.6) is 11.5 Å². The summed E-state index contributed by atoms with van der Waals surface area (Å²) in [6, 6.07) is 33.5. The van der Waals surface area contributed by atoms with E-state index in [1.54, 1.807) is 12.1 Å². The van der Waals surface area contributed by atoms with Gasteiger partial charge in [-0.15, -0.1) is 0 Å². The molecule has 0 aromatic heterocycles. The lowest BCUT2D eigenvalue weighted by molar-refractivity contribution is -0.132. The van der Waals surface area contributed by atoms with Crippen molar-refractivity contribution in [1.29, 1.82) is 10.5 Å². The van der Waals surface area contributed by atoms with Crippen molar-refractivity contribution >= 4 is 117 Å². The van der Waals surface area contributed by atoms with Gasteiger partial charge in [-0.2, -0.15) is 10.5 Å². The Hall–Kier alpha value is -6.35. The molecular formula is C93H135Br3N8O12Si4. The number of hydrogen-bond donors (Lipinski definition) is 3. The van der Waals surface area contributed by atoms with Crippen molar-refractivity contribution in [2.75, 3.05) is 51.4 Å². The number of amidine groups is 1. The molecule has 4 fully saturated rings. The molecular weight excluding hydrogens is 1770 g/mol. The number of rotatable bonds is 20. The second-order valence-corrected chi connectivity index (χ2v) is 61.2. The summed E-state index contributed by atoms with van der Waals surface area (Å²) in [5.41, 5.74) is 17.1. The fourth-order valence-corrected chi connectivity index (χ4v) is 22.7. The highest BCUT2D eigenvalue weighted by Gasteiger charge is 2.54. The average molecular weight is 1910 g/mol. The van der Waals surface area contributed by atoms with Crippen LogP contribution in [0.2, 0.25) is 72.5 Å². The first-order valence-corrected chi connectivity index (χ1v) is 57.1. The van der Waals surface area contributed by atoms with Crippen LogP contribution < -0.4 is 20.5 Å². The molecule has 20 nitrogen and oxygen atoms in total. The molecule has 0 radical (unpaired) electrons. The third-order valence-electron chi connectivity index (χ3n) is 27.9. The molecule has 4 saturated heterocycles. The van der Waals surface area contributed by atoms with Gasteiger partial charge < -0.3 is 58.1 Å². The molecule has 4 amide bonds. The normalized spacial score (nSPS) is 21.2. The van der Waals surface area contributed by atoms with Gasteiger partial charge in [0.05, 0.1) is 65.3 Å². The maximum atomic E-state index is 12.8. The van der Waals surface area contributed by atoms with Gasteiger partial charge in [0.1, 0.15) is 17.6 Å². The number of carbonyl (C=O) groups excluding carboxylic acids is 5. The van der Waals surface area contributed by atoms with Crippen molar-refractivity contribution in [1.82, 2.24) is 20.0 Å². The Kier molecular flexibility index (Phi) is 32.9. The zero-order valence-electron chi connectivity index (χ0n) is 75.6. The number of amides is 4. The second kappa shape index (κ2) is 39.9. The molecule has 5 aromatic carbocycles. The van der Waals surface area contributed by atoms with Crippen molar-refractivity contribution in [2.45, 2.75) is 300 Å². The maximum absolute atomic E-state index is 12.8. The Labute approximate surface area is 745 Å². The molecule has 4 spiro atoms. The third kappa shape index (κ3) is 22.1. The van der Waals surface area contributed by atoms with Crippen molar-refractivity contribution in [2.24, 2.45) is 10.9 Å². The van der Waals surface area contributed by atoms with Crippen LogP contribution in [-0.4, -0.2) is 147 Å². The molecule has 8 aliphatic rings. The van der Waals surface area contributed by atoms with Crippen LogP contribution >= 0.6 is 47.8 Å². The number of oxime groups is 1. The van der Waals surface area contributed by atoms with E-state index in [1.165, 1.54) is 42.8 Å². The summed E-state index contributed by atoms with van der Waals surface area (Å²) in [6.07, 6.45) is 13.8. The number of benzene rings is 5. The van der Waals surface area contributed by atoms with E-state index in [4.69, 9.17) is 38.6 Å². The third-order valence-corrected chi connectivity index (χ3v) is 47.8. The Bertz CT molecular complexity index is 4620. The molecule has 4 atom stereocenters. The van der Waals surface area contributed by atoms with E-state index in [0.29, 0.717) is 93.7 Å². The van der Waals surface area contributed by atoms with Crippen molar-refractivity contribution < 1.29 is 56.4 Å². The van der Waals surface area contributed by atoms with Crippen molar-refractivity contribution in [3.05, 3.63) is 161 Å². The molecule has 120 heavy (non-hydrogen) atoms. The topological polar surface area (TPSA) is 269 Å². The number of alkyl halides is 1. The fraction of sp³-hybridized carbons (Fsp3) is 0.591. The van der Waals surface area contributed by atoms with Crippen molar-refractivity contribution in [3.63, 3.8) is 0 Å². The lowest BCUT2D eigenvalue weighted by atomic mass is 9.88. The number of halogens is 3. The minimum Gasteiger partial charge on any atom is -0.490 e. The highest BCUT2D eigenvalue weighted by atomic mass is 79.9. The zero-order valence-corrected chi connectivity index (χ0v) is 84.4. The minimum absolute atomic E-state index is 0.00469. The van der Waals surface area contributed by atoms with Gasteiger partial charge in [0.25, 0.3) is 6.47 Å².